The molecule has 0 fully saturated rings. The summed E-state index contributed by atoms with van der Waals surface area (Å²) in [5.74, 6) is 0.177. The van der Waals surface area contributed by atoms with Gasteiger partial charge in [0.15, 0.2) is 5.82 Å². The summed E-state index contributed by atoms with van der Waals surface area (Å²) in [5, 5.41) is 5.97. The fourth-order valence-corrected chi connectivity index (χ4v) is 1.50. The molecule has 2 heterocycles. The van der Waals surface area contributed by atoms with Gasteiger partial charge in [0.1, 0.15) is 11.2 Å². The summed E-state index contributed by atoms with van der Waals surface area (Å²) in [5.41, 5.74) is -1.69. The molecule has 2 aromatic rings. The number of hydrogen-bond acceptors (Lipinski definition) is 4. The van der Waals surface area contributed by atoms with Crippen molar-refractivity contribution in [2.24, 2.45) is 0 Å². The highest BCUT2D eigenvalue weighted by Gasteiger charge is 2.33. The summed E-state index contributed by atoms with van der Waals surface area (Å²) in [4.78, 5) is 16.4. The third-order valence-electron chi connectivity index (χ3n) is 2.33. The molecule has 0 aromatic carbocycles. The lowest BCUT2D eigenvalue weighted by atomic mass is 10.2. The molecule has 0 amide bonds. The van der Waals surface area contributed by atoms with Crippen LogP contribution in [0.25, 0.3) is 10.9 Å². The molecule has 1 N–H and O–H groups in total. The summed E-state index contributed by atoms with van der Waals surface area (Å²) in [6.07, 6.45) is -4.56. The largest absolute Gasteiger partial charge is 0.433 e. The van der Waals surface area contributed by atoms with Crippen LogP contribution in [-0.2, 0) is 6.18 Å². The summed E-state index contributed by atoms with van der Waals surface area (Å²) >= 11 is 0. The summed E-state index contributed by atoms with van der Waals surface area (Å²) in [6, 6.07) is 1.87. The molecule has 0 atom stereocenters. The Bertz CT molecular complexity index is 648. The Balaban J connectivity index is 2.82. The first kappa shape index (κ1) is 12.3. The van der Waals surface area contributed by atoms with Gasteiger partial charge >= 0.3 is 6.18 Å². The fraction of sp³-hybridized carbons (Fsp3) is 0.300. The Morgan fingerprint density at radius 3 is 2.50 bits per heavy atom. The molecule has 0 aliphatic carbocycles. The van der Waals surface area contributed by atoms with Gasteiger partial charge in [-0.15, -0.1) is 0 Å². The Labute approximate surface area is 99.3 Å². The smallest absolute Gasteiger partial charge is 0.360 e. The minimum Gasteiger partial charge on any atom is -0.360 e. The van der Waals surface area contributed by atoms with Gasteiger partial charge in [-0.3, -0.25) is 4.79 Å². The molecule has 0 saturated carbocycles. The third kappa shape index (κ3) is 2.01. The molecular weight excluding hydrogens is 249 g/mol. The maximum atomic E-state index is 12.6. The zero-order chi connectivity index (χ0) is 13.5. The number of anilines is 1. The topological polar surface area (TPSA) is 61.9 Å². The van der Waals surface area contributed by atoms with Gasteiger partial charge in [-0.05, 0) is 12.1 Å². The van der Waals surface area contributed by atoms with E-state index in [0.717, 1.165) is 12.1 Å². The molecule has 96 valence electrons. The minimum absolute atomic E-state index is 0.0708. The lowest BCUT2D eigenvalue weighted by Crippen LogP contribution is -2.19. The van der Waals surface area contributed by atoms with Crippen molar-refractivity contribution in [3.63, 3.8) is 0 Å². The molecular formula is C10H9F3N4O. The first-order valence-corrected chi connectivity index (χ1v) is 4.94. The van der Waals surface area contributed by atoms with Gasteiger partial charge in [0.2, 0.25) is 0 Å². The van der Waals surface area contributed by atoms with Crippen molar-refractivity contribution >= 4 is 16.7 Å². The summed E-state index contributed by atoms with van der Waals surface area (Å²) in [7, 11) is 3.20. The zero-order valence-electron chi connectivity index (χ0n) is 9.54. The van der Waals surface area contributed by atoms with Gasteiger partial charge in [0.05, 0.1) is 5.39 Å². The fourth-order valence-electron chi connectivity index (χ4n) is 1.50. The van der Waals surface area contributed by atoms with Gasteiger partial charge in [-0.2, -0.15) is 18.3 Å². The molecule has 0 aliphatic rings. The molecule has 0 aliphatic heterocycles. The second-order valence-corrected chi connectivity index (χ2v) is 3.86. The second kappa shape index (κ2) is 3.97. The van der Waals surface area contributed by atoms with E-state index in [9.17, 15) is 18.0 Å². The van der Waals surface area contributed by atoms with Crippen LogP contribution in [-0.4, -0.2) is 29.3 Å². The number of H-pyrrole nitrogens is 1. The zero-order valence-corrected chi connectivity index (χ0v) is 9.54. The predicted molar refractivity (Wildman–Crippen MR) is 59.5 cm³/mol. The normalized spacial score (nSPS) is 11.8. The van der Waals surface area contributed by atoms with Gasteiger partial charge in [-0.25, -0.2) is 10.1 Å². The van der Waals surface area contributed by atoms with Crippen molar-refractivity contribution in [2.75, 3.05) is 19.0 Å². The van der Waals surface area contributed by atoms with E-state index in [0.29, 0.717) is 0 Å². The van der Waals surface area contributed by atoms with Crippen LogP contribution in [0.5, 0.6) is 0 Å². The van der Waals surface area contributed by atoms with Crippen LogP contribution in [0.4, 0.5) is 19.0 Å². The third-order valence-corrected chi connectivity index (χ3v) is 2.33. The highest BCUT2D eigenvalue weighted by molar-refractivity contribution is 5.87. The minimum atomic E-state index is -4.56. The van der Waals surface area contributed by atoms with E-state index >= 15 is 0 Å². The van der Waals surface area contributed by atoms with Crippen molar-refractivity contribution in [1.82, 2.24) is 15.2 Å². The SMILES string of the molecule is CN(C)c1n[nH]c(=O)c2ccc(C(F)(F)F)nc12. The highest BCUT2D eigenvalue weighted by atomic mass is 19.4. The average molecular weight is 258 g/mol. The standard InChI is InChI=1S/C10H9F3N4O/c1-17(2)8-7-5(9(18)16-15-8)3-4-6(14-7)10(11,12)13/h3-4H,1-2H3,(H,16,18). The molecule has 5 nitrogen and oxygen atoms in total. The number of nitrogens with zero attached hydrogens (tertiary/aromatic N) is 3. The van der Waals surface area contributed by atoms with Crippen molar-refractivity contribution in [1.29, 1.82) is 0 Å². The number of aromatic nitrogens is 3. The van der Waals surface area contributed by atoms with E-state index in [1.54, 1.807) is 14.1 Å². The number of aromatic amines is 1. The molecule has 2 aromatic heterocycles. The maximum Gasteiger partial charge on any atom is 0.433 e. The Hall–Kier alpha value is -2.12. The highest BCUT2D eigenvalue weighted by Crippen LogP contribution is 2.29. The first-order valence-electron chi connectivity index (χ1n) is 4.94. The van der Waals surface area contributed by atoms with Crippen molar-refractivity contribution < 1.29 is 13.2 Å². The number of halogens is 3. The number of nitrogens with one attached hydrogen (secondary N) is 1. The van der Waals surface area contributed by atoms with Crippen LogP contribution in [0.1, 0.15) is 5.69 Å². The quantitative estimate of drug-likeness (QED) is 0.840. The van der Waals surface area contributed by atoms with E-state index in [1.807, 2.05) is 0 Å². The predicted octanol–water partition coefficient (Wildman–Crippen LogP) is 1.40. The molecule has 0 unspecified atom stereocenters. The van der Waals surface area contributed by atoms with E-state index in [2.05, 4.69) is 15.2 Å². The monoisotopic (exact) mass is 258 g/mol. The maximum absolute atomic E-state index is 12.6. The average Bonchev–Trinajstić information content (AvgIpc) is 2.27. The molecule has 0 bridgehead atoms. The van der Waals surface area contributed by atoms with Gasteiger partial charge < -0.3 is 4.90 Å². The lowest BCUT2D eigenvalue weighted by Gasteiger charge is -2.13. The van der Waals surface area contributed by atoms with E-state index in [4.69, 9.17) is 0 Å². The van der Waals surface area contributed by atoms with Crippen molar-refractivity contribution in [3.05, 3.63) is 28.2 Å². The van der Waals surface area contributed by atoms with Gasteiger partial charge in [0, 0.05) is 14.1 Å². The van der Waals surface area contributed by atoms with Crippen LogP contribution in [0.3, 0.4) is 0 Å². The Morgan fingerprint density at radius 1 is 1.28 bits per heavy atom. The van der Waals surface area contributed by atoms with Gasteiger partial charge in [-0.1, -0.05) is 0 Å². The summed E-state index contributed by atoms with van der Waals surface area (Å²) < 4.78 is 37.7. The van der Waals surface area contributed by atoms with Crippen LogP contribution >= 0.6 is 0 Å². The molecule has 8 heteroatoms. The van der Waals surface area contributed by atoms with Crippen LogP contribution in [0.2, 0.25) is 0 Å². The van der Waals surface area contributed by atoms with Crippen molar-refractivity contribution in [2.45, 2.75) is 6.18 Å². The molecule has 0 spiro atoms. The first-order chi connectivity index (χ1) is 8.30. The van der Waals surface area contributed by atoms with E-state index in [-0.39, 0.29) is 16.7 Å². The van der Waals surface area contributed by atoms with Crippen LogP contribution in [0.15, 0.2) is 16.9 Å². The number of hydrogen-bond donors (Lipinski definition) is 1. The second-order valence-electron chi connectivity index (χ2n) is 3.86. The van der Waals surface area contributed by atoms with Crippen molar-refractivity contribution in [3.8, 4) is 0 Å². The number of rotatable bonds is 1. The molecule has 18 heavy (non-hydrogen) atoms. The molecule has 2 rings (SSSR count). The van der Waals surface area contributed by atoms with E-state index < -0.39 is 17.4 Å². The van der Waals surface area contributed by atoms with Gasteiger partial charge in [0.25, 0.3) is 5.56 Å². The number of fused-ring (bicyclic) bond motifs is 1. The van der Waals surface area contributed by atoms with Crippen LogP contribution < -0.4 is 10.5 Å². The van der Waals surface area contributed by atoms with Crippen LogP contribution in [0, 0.1) is 0 Å². The van der Waals surface area contributed by atoms with E-state index in [1.165, 1.54) is 4.90 Å². The molecule has 0 radical (unpaired) electrons. The number of alkyl halides is 3. The lowest BCUT2D eigenvalue weighted by molar-refractivity contribution is -0.140. The Kier molecular flexibility index (Phi) is 2.72. The number of pyridine rings is 1. The molecule has 0 saturated heterocycles. The Morgan fingerprint density at radius 2 is 1.94 bits per heavy atom. The summed E-state index contributed by atoms with van der Waals surface area (Å²) in [6.45, 7) is 0.